The van der Waals surface area contributed by atoms with Crippen molar-refractivity contribution in [3.05, 3.63) is 11.4 Å². The molecule has 0 unspecified atom stereocenters. The average Bonchev–Trinajstić information content (AvgIpc) is 2.70. The maximum atomic E-state index is 12.6. The van der Waals surface area contributed by atoms with Gasteiger partial charge in [0, 0.05) is 30.7 Å². The third kappa shape index (κ3) is 4.76. The third-order valence-electron chi connectivity index (χ3n) is 2.56. The number of rotatable bonds is 7. The third-order valence-corrected chi connectivity index (χ3v) is 5.85. The van der Waals surface area contributed by atoms with Gasteiger partial charge >= 0.3 is 0 Å². The molecule has 0 aliphatic rings. The first kappa shape index (κ1) is 16.4. The molecule has 0 fully saturated rings. The van der Waals surface area contributed by atoms with Gasteiger partial charge in [0.15, 0.2) is 0 Å². The van der Waals surface area contributed by atoms with Crippen LogP contribution in [0.5, 0.6) is 0 Å². The van der Waals surface area contributed by atoms with Crippen LogP contribution in [0, 0.1) is 5.92 Å². The second-order valence-corrected chi connectivity index (χ2v) is 8.34. The lowest BCUT2D eigenvalue weighted by atomic mass is 10.2. The van der Waals surface area contributed by atoms with Gasteiger partial charge in [0.1, 0.15) is 4.21 Å². The van der Waals surface area contributed by atoms with Crippen molar-refractivity contribution in [2.24, 2.45) is 5.92 Å². The smallest absolute Gasteiger partial charge is 0.252 e. The van der Waals surface area contributed by atoms with Gasteiger partial charge in [-0.2, -0.15) is 4.31 Å². The molecule has 0 radical (unpaired) electrons. The number of likely N-dealkylation sites (N-methyl/N-ethyl adjacent to an activating group) is 1. The lowest BCUT2D eigenvalue weighted by Crippen LogP contribution is -2.38. The van der Waals surface area contributed by atoms with Gasteiger partial charge in [0.05, 0.1) is 0 Å². The van der Waals surface area contributed by atoms with E-state index in [0.29, 0.717) is 29.5 Å². The zero-order chi connectivity index (χ0) is 14.6. The molecule has 0 aromatic carbocycles. The Hall–Kier alpha value is -0.630. The summed E-state index contributed by atoms with van der Waals surface area (Å²) in [5.41, 5.74) is 6.12. The Morgan fingerprint density at radius 3 is 2.37 bits per heavy atom. The quantitative estimate of drug-likeness (QED) is 0.830. The molecule has 2 N–H and O–H groups in total. The highest BCUT2D eigenvalue weighted by atomic mass is 32.2. The van der Waals surface area contributed by atoms with Crippen molar-refractivity contribution in [1.29, 1.82) is 0 Å². The normalized spacial score (nSPS) is 12.8. The Balaban J connectivity index is 2.94. The molecular weight excluding hydrogens is 282 g/mol. The van der Waals surface area contributed by atoms with Crippen molar-refractivity contribution in [3.8, 4) is 0 Å². The van der Waals surface area contributed by atoms with Gasteiger partial charge in [-0.15, -0.1) is 11.3 Å². The average molecular weight is 305 g/mol. The van der Waals surface area contributed by atoms with E-state index in [1.807, 2.05) is 32.8 Å². The summed E-state index contributed by atoms with van der Waals surface area (Å²) in [7, 11) is 0.442. The van der Waals surface area contributed by atoms with Crippen LogP contribution in [0.1, 0.15) is 13.8 Å². The molecule has 19 heavy (non-hydrogen) atoms. The number of nitrogens with zero attached hydrogens (tertiary/aromatic N) is 2. The molecular formula is C12H23N3O2S2. The van der Waals surface area contributed by atoms with Crippen molar-refractivity contribution >= 4 is 27.0 Å². The molecule has 0 aliphatic carbocycles. The van der Waals surface area contributed by atoms with E-state index in [9.17, 15) is 8.42 Å². The first-order chi connectivity index (χ1) is 8.73. The lowest BCUT2D eigenvalue weighted by Gasteiger charge is -2.24. The molecule has 1 aromatic heterocycles. The standard InChI is InChI=1S/C12H23N3O2S2/c1-10(2)8-15(6-5-14(3)4)19(16,17)12-7-11(13)9-18-12/h7,9-10H,5-6,8,13H2,1-4H3. The van der Waals surface area contributed by atoms with Crippen molar-refractivity contribution in [2.75, 3.05) is 39.5 Å². The van der Waals surface area contributed by atoms with Crippen LogP contribution in [0.15, 0.2) is 15.7 Å². The highest BCUT2D eigenvalue weighted by Crippen LogP contribution is 2.25. The summed E-state index contributed by atoms with van der Waals surface area (Å²) < 4.78 is 27.0. The number of sulfonamides is 1. The highest BCUT2D eigenvalue weighted by molar-refractivity contribution is 7.91. The number of nitrogen functional groups attached to an aromatic ring is 1. The molecule has 0 bridgehead atoms. The molecule has 0 saturated heterocycles. The Morgan fingerprint density at radius 1 is 1.32 bits per heavy atom. The van der Waals surface area contributed by atoms with Crippen molar-refractivity contribution in [2.45, 2.75) is 18.1 Å². The SMILES string of the molecule is CC(C)CN(CCN(C)C)S(=O)(=O)c1cc(N)cs1. The first-order valence-electron chi connectivity index (χ1n) is 6.22. The topological polar surface area (TPSA) is 66.6 Å². The van der Waals surface area contributed by atoms with Crippen LogP contribution in [0.2, 0.25) is 0 Å². The van der Waals surface area contributed by atoms with Gasteiger partial charge in [-0.3, -0.25) is 0 Å². The van der Waals surface area contributed by atoms with Crippen LogP contribution in [0.25, 0.3) is 0 Å². The Labute approximate surface area is 120 Å². The number of anilines is 1. The number of hydrogen-bond donors (Lipinski definition) is 1. The van der Waals surface area contributed by atoms with E-state index >= 15 is 0 Å². The second kappa shape index (κ2) is 6.69. The molecule has 0 spiro atoms. The van der Waals surface area contributed by atoms with Crippen molar-refractivity contribution in [3.63, 3.8) is 0 Å². The molecule has 1 heterocycles. The van der Waals surface area contributed by atoms with E-state index in [1.165, 1.54) is 17.4 Å². The summed E-state index contributed by atoms with van der Waals surface area (Å²) in [6, 6.07) is 1.53. The van der Waals surface area contributed by atoms with E-state index in [4.69, 9.17) is 5.73 Å². The maximum absolute atomic E-state index is 12.6. The van der Waals surface area contributed by atoms with Crippen LogP contribution >= 0.6 is 11.3 Å². The number of hydrogen-bond acceptors (Lipinski definition) is 5. The van der Waals surface area contributed by atoms with Crippen molar-refractivity contribution in [1.82, 2.24) is 9.21 Å². The molecule has 1 aromatic rings. The minimum absolute atomic E-state index is 0.286. The van der Waals surface area contributed by atoms with Crippen LogP contribution in [0.3, 0.4) is 0 Å². The van der Waals surface area contributed by atoms with E-state index in [2.05, 4.69) is 0 Å². The van der Waals surface area contributed by atoms with Gasteiger partial charge in [-0.1, -0.05) is 13.8 Å². The predicted molar refractivity (Wildman–Crippen MR) is 80.9 cm³/mol. The zero-order valence-corrected chi connectivity index (χ0v) is 13.6. The largest absolute Gasteiger partial charge is 0.398 e. The molecule has 0 saturated carbocycles. The van der Waals surface area contributed by atoms with E-state index in [-0.39, 0.29) is 5.92 Å². The summed E-state index contributed by atoms with van der Waals surface area (Å²) >= 11 is 1.18. The van der Waals surface area contributed by atoms with Gasteiger partial charge in [0.25, 0.3) is 10.0 Å². The molecule has 0 amide bonds. The minimum atomic E-state index is -3.43. The van der Waals surface area contributed by atoms with Crippen LogP contribution < -0.4 is 5.73 Å². The molecule has 0 aliphatic heterocycles. The number of nitrogens with two attached hydrogens (primary N) is 1. The van der Waals surface area contributed by atoms with E-state index in [1.54, 1.807) is 9.69 Å². The van der Waals surface area contributed by atoms with E-state index < -0.39 is 10.0 Å². The summed E-state index contributed by atoms with van der Waals surface area (Å²) in [6.07, 6.45) is 0. The lowest BCUT2D eigenvalue weighted by molar-refractivity contribution is 0.313. The van der Waals surface area contributed by atoms with Crippen LogP contribution in [-0.4, -0.2) is 51.4 Å². The Morgan fingerprint density at radius 2 is 1.95 bits per heavy atom. The zero-order valence-electron chi connectivity index (χ0n) is 12.0. The second-order valence-electron chi connectivity index (χ2n) is 5.26. The van der Waals surface area contributed by atoms with Gasteiger partial charge in [-0.25, -0.2) is 8.42 Å². The molecule has 110 valence electrons. The van der Waals surface area contributed by atoms with Crippen LogP contribution in [0.4, 0.5) is 5.69 Å². The summed E-state index contributed by atoms with van der Waals surface area (Å²) in [5, 5.41) is 1.66. The Bertz CT molecular complexity index is 495. The summed E-state index contributed by atoms with van der Waals surface area (Å²) in [6.45, 7) is 5.74. The molecule has 7 heteroatoms. The fourth-order valence-corrected chi connectivity index (χ4v) is 4.45. The first-order valence-corrected chi connectivity index (χ1v) is 8.54. The Kier molecular flexibility index (Phi) is 5.79. The van der Waals surface area contributed by atoms with Gasteiger partial charge in [-0.05, 0) is 26.1 Å². The molecule has 5 nitrogen and oxygen atoms in total. The highest BCUT2D eigenvalue weighted by Gasteiger charge is 2.26. The summed E-state index contributed by atoms with van der Waals surface area (Å²) in [5.74, 6) is 0.286. The van der Waals surface area contributed by atoms with E-state index in [0.717, 1.165) is 0 Å². The monoisotopic (exact) mass is 305 g/mol. The number of thiophene rings is 1. The van der Waals surface area contributed by atoms with Gasteiger partial charge in [0.2, 0.25) is 0 Å². The fourth-order valence-electron chi connectivity index (χ4n) is 1.62. The predicted octanol–water partition coefficient (Wildman–Crippen LogP) is 1.54. The maximum Gasteiger partial charge on any atom is 0.252 e. The molecule has 1 rings (SSSR count). The summed E-state index contributed by atoms with van der Waals surface area (Å²) in [4.78, 5) is 1.98. The van der Waals surface area contributed by atoms with Crippen molar-refractivity contribution < 1.29 is 8.42 Å². The minimum Gasteiger partial charge on any atom is -0.398 e. The van der Waals surface area contributed by atoms with Crippen LogP contribution in [-0.2, 0) is 10.0 Å². The fraction of sp³-hybridized carbons (Fsp3) is 0.667. The molecule has 0 atom stereocenters. The van der Waals surface area contributed by atoms with Gasteiger partial charge < -0.3 is 10.6 Å².